The van der Waals surface area contributed by atoms with Crippen molar-refractivity contribution in [1.29, 1.82) is 0 Å². The van der Waals surface area contributed by atoms with Gasteiger partial charge in [0, 0.05) is 27.5 Å². The van der Waals surface area contributed by atoms with Crippen LogP contribution in [0.4, 0.5) is 0 Å². The molecule has 0 unspecified atom stereocenters. The van der Waals surface area contributed by atoms with Gasteiger partial charge in [-0.25, -0.2) is 15.0 Å². The van der Waals surface area contributed by atoms with Gasteiger partial charge in [-0.3, -0.25) is 0 Å². The number of hydrogen-bond donors (Lipinski definition) is 0. The molecule has 0 amide bonds. The maximum atomic E-state index is 6.37. The van der Waals surface area contributed by atoms with Gasteiger partial charge in [0.05, 0.1) is 0 Å². The van der Waals surface area contributed by atoms with Gasteiger partial charge in [0.15, 0.2) is 17.5 Å². The molecule has 0 aliphatic heterocycles. The van der Waals surface area contributed by atoms with Crippen molar-refractivity contribution in [3.63, 3.8) is 0 Å². The number of furan rings is 1. The second-order valence-corrected chi connectivity index (χ2v) is 13.2. The van der Waals surface area contributed by atoms with Crippen LogP contribution in [0.1, 0.15) is 0 Å². The molecular weight excluding hydrogens is 647 g/mol. The lowest BCUT2D eigenvalue weighted by atomic mass is 9.97. The van der Waals surface area contributed by atoms with E-state index in [0.717, 1.165) is 66.4 Å². The fourth-order valence-corrected chi connectivity index (χ4v) is 7.30. The summed E-state index contributed by atoms with van der Waals surface area (Å²) >= 11 is 0. The molecule has 248 valence electrons. The van der Waals surface area contributed by atoms with Crippen molar-refractivity contribution in [2.45, 2.75) is 0 Å². The molecule has 2 heterocycles. The Morgan fingerprint density at radius 2 is 0.774 bits per heavy atom. The highest BCUT2D eigenvalue weighted by molar-refractivity contribution is 6.15. The third kappa shape index (κ3) is 5.63. The van der Waals surface area contributed by atoms with Gasteiger partial charge in [0.1, 0.15) is 11.2 Å². The molecule has 4 heteroatoms. The van der Waals surface area contributed by atoms with E-state index in [9.17, 15) is 0 Å². The Kier molecular flexibility index (Phi) is 7.43. The van der Waals surface area contributed by atoms with E-state index < -0.39 is 0 Å². The Balaban J connectivity index is 1.09. The third-order valence-electron chi connectivity index (χ3n) is 9.96. The predicted octanol–water partition coefficient (Wildman–Crippen LogP) is 12.9. The van der Waals surface area contributed by atoms with Crippen LogP contribution in [0.3, 0.4) is 0 Å². The average Bonchev–Trinajstić information content (AvgIpc) is 3.61. The summed E-state index contributed by atoms with van der Waals surface area (Å²) in [5.41, 5.74) is 11.2. The van der Waals surface area contributed by atoms with E-state index in [1.54, 1.807) is 0 Å². The van der Waals surface area contributed by atoms with Crippen molar-refractivity contribution >= 4 is 32.7 Å². The molecule has 0 N–H and O–H groups in total. The summed E-state index contributed by atoms with van der Waals surface area (Å²) in [7, 11) is 0. The maximum Gasteiger partial charge on any atom is 0.164 e. The van der Waals surface area contributed by atoms with Crippen LogP contribution in [0.25, 0.3) is 100 Å². The molecule has 0 aliphatic rings. The molecule has 0 saturated carbocycles. The minimum Gasteiger partial charge on any atom is -0.456 e. The van der Waals surface area contributed by atoms with Crippen molar-refractivity contribution in [3.8, 4) is 67.5 Å². The van der Waals surface area contributed by atoms with Gasteiger partial charge in [-0.2, -0.15) is 0 Å². The molecule has 8 aromatic carbocycles. The zero-order chi connectivity index (χ0) is 35.1. The molecule has 4 nitrogen and oxygen atoms in total. The van der Waals surface area contributed by atoms with Crippen LogP contribution in [-0.2, 0) is 0 Å². The predicted molar refractivity (Wildman–Crippen MR) is 217 cm³/mol. The Morgan fingerprint density at radius 3 is 1.45 bits per heavy atom. The first-order valence-corrected chi connectivity index (χ1v) is 17.8. The van der Waals surface area contributed by atoms with Crippen molar-refractivity contribution in [1.82, 2.24) is 15.0 Å². The summed E-state index contributed by atoms with van der Waals surface area (Å²) in [5.74, 6) is 1.87. The van der Waals surface area contributed by atoms with E-state index in [2.05, 4.69) is 164 Å². The van der Waals surface area contributed by atoms with Gasteiger partial charge in [0.2, 0.25) is 0 Å². The van der Waals surface area contributed by atoms with Crippen LogP contribution in [0.15, 0.2) is 192 Å². The highest BCUT2D eigenvalue weighted by atomic mass is 16.3. The second kappa shape index (κ2) is 12.9. The van der Waals surface area contributed by atoms with E-state index in [1.165, 1.54) is 16.3 Å². The van der Waals surface area contributed by atoms with E-state index in [0.29, 0.717) is 17.5 Å². The van der Waals surface area contributed by atoms with E-state index in [1.807, 2.05) is 24.3 Å². The van der Waals surface area contributed by atoms with Gasteiger partial charge >= 0.3 is 0 Å². The van der Waals surface area contributed by atoms with Gasteiger partial charge in [-0.05, 0) is 62.4 Å². The van der Waals surface area contributed by atoms with E-state index in [4.69, 9.17) is 19.4 Å². The van der Waals surface area contributed by atoms with Crippen molar-refractivity contribution in [2.75, 3.05) is 0 Å². The fourth-order valence-electron chi connectivity index (χ4n) is 7.30. The number of aromatic nitrogens is 3. The zero-order valence-electron chi connectivity index (χ0n) is 28.6. The molecule has 0 saturated heterocycles. The molecule has 0 fully saturated rings. The minimum absolute atomic E-state index is 0.616. The Morgan fingerprint density at radius 1 is 0.302 bits per heavy atom. The smallest absolute Gasteiger partial charge is 0.164 e. The molecule has 0 spiro atoms. The van der Waals surface area contributed by atoms with E-state index >= 15 is 0 Å². The number of rotatable bonds is 6. The first kappa shape index (κ1) is 30.6. The van der Waals surface area contributed by atoms with Crippen LogP contribution in [0, 0.1) is 0 Å². The highest BCUT2D eigenvalue weighted by Gasteiger charge is 2.17. The lowest BCUT2D eigenvalue weighted by molar-refractivity contribution is 0.669. The molecular formula is C49H31N3O. The summed E-state index contributed by atoms with van der Waals surface area (Å²) in [5, 5.41) is 4.58. The number of fused-ring (bicyclic) bond motifs is 4. The van der Waals surface area contributed by atoms with Crippen molar-refractivity contribution in [2.24, 2.45) is 0 Å². The standard InChI is InChI=1S/C49H31N3O/c1-3-12-32(13-4-1)33-22-26-36(27-23-33)47-50-48(52-49(51-47)42-19-10-9-18-40(42)34-14-5-2-6-15-34)37-28-24-35(25-29-37)41-20-11-21-44-46(41)43-30-38-16-7-8-17-39(38)31-45(43)53-44/h1-31H. The molecule has 0 atom stereocenters. The number of benzene rings is 8. The Labute approximate surface area is 306 Å². The molecule has 10 aromatic rings. The minimum atomic E-state index is 0.616. The first-order valence-electron chi connectivity index (χ1n) is 17.8. The maximum absolute atomic E-state index is 6.37. The lowest BCUT2D eigenvalue weighted by Gasteiger charge is -2.12. The topological polar surface area (TPSA) is 51.8 Å². The largest absolute Gasteiger partial charge is 0.456 e. The third-order valence-corrected chi connectivity index (χ3v) is 9.96. The van der Waals surface area contributed by atoms with Gasteiger partial charge in [-0.1, -0.05) is 170 Å². The van der Waals surface area contributed by atoms with Crippen LogP contribution < -0.4 is 0 Å². The normalized spacial score (nSPS) is 11.4. The Hall–Kier alpha value is -7.17. The van der Waals surface area contributed by atoms with Crippen molar-refractivity contribution < 1.29 is 4.42 Å². The molecule has 2 aromatic heterocycles. The molecule has 0 aliphatic carbocycles. The average molecular weight is 678 g/mol. The van der Waals surface area contributed by atoms with Crippen LogP contribution in [0.2, 0.25) is 0 Å². The Bertz CT molecular complexity index is 2910. The van der Waals surface area contributed by atoms with Gasteiger partial charge in [0.25, 0.3) is 0 Å². The zero-order valence-corrected chi connectivity index (χ0v) is 28.6. The summed E-state index contributed by atoms with van der Waals surface area (Å²) in [6.45, 7) is 0. The van der Waals surface area contributed by atoms with Crippen LogP contribution in [-0.4, -0.2) is 15.0 Å². The summed E-state index contributed by atoms with van der Waals surface area (Å²) in [6, 6.07) is 65.1. The van der Waals surface area contributed by atoms with Gasteiger partial charge in [-0.15, -0.1) is 0 Å². The summed E-state index contributed by atoms with van der Waals surface area (Å²) in [4.78, 5) is 15.3. The lowest BCUT2D eigenvalue weighted by Crippen LogP contribution is -2.01. The molecule has 10 rings (SSSR count). The highest BCUT2D eigenvalue weighted by Crippen LogP contribution is 2.39. The SMILES string of the molecule is c1ccc(-c2ccc(-c3nc(-c4ccc(-c5cccc6oc7cc8ccccc8cc7c56)cc4)nc(-c4ccccc4-c4ccccc4)n3)cc2)cc1. The van der Waals surface area contributed by atoms with E-state index in [-0.39, 0.29) is 0 Å². The monoisotopic (exact) mass is 677 g/mol. The fraction of sp³-hybridized carbons (Fsp3) is 0. The number of nitrogens with zero attached hydrogens (tertiary/aromatic N) is 3. The summed E-state index contributed by atoms with van der Waals surface area (Å²) in [6.07, 6.45) is 0. The summed E-state index contributed by atoms with van der Waals surface area (Å²) < 4.78 is 6.37. The van der Waals surface area contributed by atoms with Crippen molar-refractivity contribution in [3.05, 3.63) is 188 Å². The molecule has 0 radical (unpaired) electrons. The molecule has 53 heavy (non-hydrogen) atoms. The molecule has 0 bridgehead atoms. The second-order valence-electron chi connectivity index (χ2n) is 13.2. The van der Waals surface area contributed by atoms with Gasteiger partial charge < -0.3 is 4.42 Å². The quantitative estimate of drug-likeness (QED) is 0.176. The first-order chi connectivity index (χ1) is 26.2. The number of hydrogen-bond acceptors (Lipinski definition) is 4. The van der Waals surface area contributed by atoms with Crippen LogP contribution >= 0.6 is 0 Å². The van der Waals surface area contributed by atoms with Crippen LogP contribution in [0.5, 0.6) is 0 Å².